The molecule has 3 heterocycles. The van der Waals surface area contributed by atoms with Crippen molar-refractivity contribution < 1.29 is 4.74 Å². The topological polar surface area (TPSA) is 52.5 Å². The Morgan fingerprint density at radius 1 is 1.46 bits per heavy atom. The molecule has 0 fully saturated rings. The highest BCUT2D eigenvalue weighted by atomic mass is 16.5. The minimum Gasteiger partial charge on any atom is -0.491 e. The van der Waals surface area contributed by atoms with Gasteiger partial charge in [-0.15, -0.1) is 0 Å². The quantitative estimate of drug-likeness (QED) is 0.645. The SMILES string of the molecule is Nc1cn2c3c(ccc2n1)OCC3. The second-order valence-corrected chi connectivity index (χ2v) is 3.14. The minimum atomic E-state index is 0.556. The highest BCUT2D eigenvalue weighted by molar-refractivity contribution is 5.52. The molecular formula is C9H9N3O. The fourth-order valence-electron chi connectivity index (χ4n) is 1.75. The molecular weight excluding hydrogens is 166 g/mol. The molecule has 0 aromatic carbocycles. The molecule has 0 spiro atoms. The number of nitrogens with zero attached hydrogens (tertiary/aromatic N) is 2. The number of aromatic nitrogens is 2. The molecule has 0 saturated carbocycles. The summed E-state index contributed by atoms with van der Waals surface area (Å²) < 4.78 is 7.42. The summed E-state index contributed by atoms with van der Waals surface area (Å²) in [6, 6.07) is 3.87. The lowest BCUT2D eigenvalue weighted by Crippen LogP contribution is -1.91. The Hall–Kier alpha value is -1.71. The van der Waals surface area contributed by atoms with Crippen molar-refractivity contribution >= 4 is 11.5 Å². The van der Waals surface area contributed by atoms with Crippen molar-refractivity contribution in [1.82, 2.24) is 9.38 Å². The fraction of sp³-hybridized carbons (Fsp3) is 0.222. The molecule has 0 saturated heterocycles. The maximum absolute atomic E-state index is 5.61. The first-order valence-electron chi connectivity index (χ1n) is 4.24. The summed E-state index contributed by atoms with van der Waals surface area (Å²) in [6.45, 7) is 0.756. The van der Waals surface area contributed by atoms with Gasteiger partial charge in [0.25, 0.3) is 0 Å². The molecule has 0 aliphatic carbocycles. The molecule has 0 bridgehead atoms. The second kappa shape index (κ2) is 2.16. The summed E-state index contributed by atoms with van der Waals surface area (Å²) >= 11 is 0. The van der Waals surface area contributed by atoms with E-state index in [9.17, 15) is 0 Å². The van der Waals surface area contributed by atoms with Gasteiger partial charge in [0.1, 0.15) is 17.2 Å². The summed E-state index contributed by atoms with van der Waals surface area (Å²) in [4.78, 5) is 4.18. The molecule has 2 aromatic heterocycles. The summed E-state index contributed by atoms with van der Waals surface area (Å²) in [5.74, 6) is 1.50. The highest BCUT2D eigenvalue weighted by Gasteiger charge is 2.15. The predicted octanol–water partition coefficient (Wildman–Crippen LogP) is 0.851. The number of pyridine rings is 1. The molecule has 0 atom stereocenters. The van der Waals surface area contributed by atoms with E-state index in [1.165, 1.54) is 5.69 Å². The van der Waals surface area contributed by atoms with Gasteiger partial charge in [-0.1, -0.05) is 0 Å². The van der Waals surface area contributed by atoms with Crippen LogP contribution in [0, 0.1) is 0 Å². The Morgan fingerprint density at radius 2 is 2.38 bits per heavy atom. The van der Waals surface area contributed by atoms with E-state index in [0.29, 0.717) is 5.82 Å². The zero-order chi connectivity index (χ0) is 8.84. The van der Waals surface area contributed by atoms with E-state index in [4.69, 9.17) is 10.5 Å². The van der Waals surface area contributed by atoms with E-state index < -0.39 is 0 Å². The highest BCUT2D eigenvalue weighted by Crippen LogP contribution is 2.26. The molecule has 4 heteroatoms. The van der Waals surface area contributed by atoms with Gasteiger partial charge in [-0.2, -0.15) is 0 Å². The molecule has 3 rings (SSSR count). The van der Waals surface area contributed by atoms with Gasteiger partial charge < -0.3 is 10.5 Å². The Balaban J connectivity index is 2.42. The van der Waals surface area contributed by atoms with Crippen molar-refractivity contribution in [3.63, 3.8) is 0 Å². The zero-order valence-corrected chi connectivity index (χ0v) is 7.03. The number of fused-ring (bicyclic) bond motifs is 3. The standard InChI is InChI=1S/C9H9N3O/c10-8-5-12-6-3-4-13-7(6)1-2-9(12)11-8/h1-2,5H,3-4,10H2. The summed E-state index contributed by atoms with van der Waals surface area (Å²) in [6.07, 6.45) is 2.77. The van der Waals surface area contributed by atoms with E-state index >= 15 is 0 Å². The van der Waals surface area contributed by atoms with Gasteiger partial charge in [-0.3, -0.25) is 4.40 Å². The first kappa shape index (κ1) is 6.77. The molecule has 0 unspecified atom stereocenters. The van der Waals surface area contributed by atoms with Crippen molar-refractivity contribution in [2.24, 2.45) is 0 Å². The van der Waals surface area contributed by atoms with E-state index in [1.54, 1.807) is 0 Å². The van der Waals surface area contributed by atoms with Crippen LogP contribution in [0.25, 0.3) is 5.65 Å². The number of rotatable bonds is 0. The van der Waals surface area contributed by atoms with Crippen LogP contribution in [0.3, 0.4) is 0 Å². The van der Waals surface area contributed by atoms with Crippen LogP contribution in [0.5, 0.6) is 5.75 Å². The van der Waals surface area contributed by atoms with Crippen LogP contribution >= 0.6 is 0 Å². The van der Waals surface area contributed by atoms with E-state index in [0.717, 1.165) is 24.4 Å². The number of ether oxygens (including phenoxy) is 1. The van der Waals surface area contributed by atoms with Crippen LogP contribution in [0.1, 0.15) is 5.69 Å². The number of anilines is 1. The Labute approximate surface area is 74.9 Å². The maximum atomic E-state index is 5.61. The molecule has 13 heavy (non-hydrogen) atoms. The van der Waals surface area contributed by atoms with Crippen LogP contribution in [0.2, 0.25) is 0 Å². The van der Waals surface area contributed by atoms with Crippen LogP contribution in [-0.4, -0.2) is 16.0 Å². The average Bonchev–Trinajstić information content (AvgIpc) is 2.65. The normalized spacial score (nSPS) is 14.5. The van der Waals surface area contributed by atoms with Gasteiger partial charge >= 0.3 is 0 Å². The lowest BCUT2D eigenvalue weighted by Gasteiger charge is -2.00. The first-order chi connectivity index (χ1) is 6.34. The summed E-state index contributed by atoms with van der Waals surface area (Å²) in [7, 11) is 0. The summed E-state index contributed by atoms with van der Waals surface area (Å²) in [5.41, 5.74) is 7.67. The van der Waals surface area contributed by atoms with Crippen molar-refractivity contribution in [2.45, 2.75) is 6.42 Å². The molecule has 2 N–H and O–H groups in total. The van der Waals surface area contributed by atoms with Gasteiger partial charge in [0.2, 0.25) is 0 Å². The van der Waals surface area contributed by atoms with Gasteiger partial charge in [0.15, 0.2) is 0 Å². The second-order valence-electron chi connectivity index (χ2n) is 3.14. The molecule has 1 aliphatic heterocycles. The first-order valence-corrected chi connectivity index (χ1v) is 4.24. The van der Waals surface area contributed by atoms with E-state index in [-0.39, 0.29) is 0 Å². The molecule has 2 aromatic rings. The lowest BCUT2D eigenvalue weighted by molar-refractivity contribution is 0.357. The monoisotopic (exact) mass is 175 g/mol. The lowest BCUT2D eigenvalue weighted by atomic mass is 10.3. The fourth-order valence-corrected chi connectivity index (χ4v) is 1.75. The van der Waals surface area contributed by atoms with Gasteiger partial charge in [0.05, 0.1) is 18.5 Å². The minimum absolute atomic E-state index is 0.556. The third kappa shape index (κ3) is 0.824. The van der Waals surface area contributed by atoms with Crippen molar-refractivity contribution in [3.8, 4) is 5.75 Å². The van der Waals surface area contributed by atoms with Crippen molar-refractivity contribution in [1.29, 1.82) is 0 Å². The Morgan fingerprint density at radius 3 is 3.31 bits per heavy atom. The largest absolute Gasteiger partial charge is 0.491 e. The maximum Gasteiger partial charge on any atom is 0.142 e. The molecule has 4 nitrogen and oxygen atoms in total. The van der Waals surface area contributed by atoms with E-state index in [2.05, 4.69) is 4.98 Å². The number of hydrogen-bond acceptors (Lipinski definition) is 3. The summed E-state index contributed by atoms with van der Waals surface area (Å²) in [5, 5.41) is 0. The predicted molar refractivity (Wildman–Crippen MR) is 48.8 cm³/mol. The molecule has 0 radical (unpaired) electrons. The molecule has 1 aliphatic rings. The number of hydrogen-bond donors (Lipinski definition) is 1. The number of nitrogen functional groups attached to an aromatic ring is 1. The van der Waals surface area contributed by atoms with Crippen molar-refractivity contribution in [3.05, 3.63) is 24.0 Å². The molecule has 0 amide bonds. The third-order valence-electron chi connectivity index (χ3n) is 2.31. The number of imidazole rings is 1. The van der Waals surface area contributed by atoms with E-state index in [1.807, 2.05) is 22.7 Å². The van der Waals surface area contributed by atoms with Gasteiger partial charge in [-0.25, -0.2) is 4.98 Å². The third-order valence-corrected chi connectivity index (χ3v) is 2.31. The van der Waals surface area contributed by atoms with Crippen LogP contribution < -0.4 is 10.5 Å². The Bertz CT molecular complexity index is 475. The van der Waals surface area contributed by atoms with Crippen LogP contribution in [0.15, 0.2) is 18.3 Å². The van der Waals surface area contributed by atoms with Crippen molar-refractivity contribution in [2.75, 3.05) is 12.3 Å². The Kier molecular flexibility index (Phi) is 1.12. The molecule has 66 valence electrons. The average molecular weight is 175 g/mol. The van der Waals surface area contributed by atoms with Gasteiger partial charge in [-0.05, 0) is 12.1 Å². The smallest absolute Gasteiger partial charge is 0.142 e. The van der Waals surface area contributed by atoms with Crippen LogP contribution in [-0.2, 0) is 6.42 Å². The zero-order valence-electron chi connectivity index (χ0n) is 7.03. The van der Waals surface area contributed by atoms with Crippen LogP contribution in [0.4, 0.5) is 5.82 Å². The van der Waals surface area contributed by atoms with Gasteiger partial charge in [0, 0.05) is 6.42 Å². The number of nitrogens with two attached hydrogens (primary N) is 1.